The third-order valence-corrected chi connectivity index (χ3v) is 3.91. The standard InChI is InChI=1S/C15H26N2O2/c1-6-10(3)14(18)9-16-15(19)13-8-11(4)17(7-2)12(13)5/h8,10,14,18H,6-7,9H2,1-5H3,(H,16,19). The molecule has 0 bridgehead atoms. The zero-order valence-electron chi connectivity index (χ0n) is 12.7. The molecule has 0 aliphatic rings. The number of nitrogens with zero attached hydrogens (tertiary/aromatic N) is 1. The molecule has 1 aromatic heterocycles. The van der Waals surface area contributed by atoms with Crippen molar-refractivity contribution >= 4 is 5.91 Å². The van der Waals surface area contributed by atoms with Crippen molar-refractivity contribution in [1.82, 2.24) is 9.88 Å². The molecule has 2 atom stereocenters. The van der Waals surface area contributed by atoms with Crippen molar-refractivity contribution in [2.45, 2.75) is 53.7 Å². The number of aryl methyl sites for hydroxylation is 1. The summed E-state index contributed by atoms with van der Waals surface area (Å²) in [4.78, 5) is 12.1. The van der Waals surface area contributed by atoms with Gasteiger partial charge in [-0.25, -0.2) is 0 Å². The van der Waals surface area contributed by atoms with Gasteiger partial charge in [0.1, 0.15) is 0 Å². The molecule has 0 aliphatic carbocycles. The van der Waals surface area contributed by atoms with Gasteiger partial charge < -0.3 is 15.0 Å². The maximum atomic E-state index is 12.1. The Labute approximate surface area is 115 Å². The minimum Gasteiger partial charge on any atom is -0.391 e. The molecule has 0 saturated heterocycles. The van der Waals surface area contributed by atoms with Gasteiger partial charge in [-0.2, -0.15) is 0 Å². The number of carbonyl (C=O) groups excluding carboxylic acids is 1. The first-order chi connectivity index (χ1) is 8.92. The topological polar surface area (TPSA) is 54.3 Å². The number of amides is 1. The van der Waals surface area contributed by atoms with Crippen LogP contribution in [0.3, 0.4) is 0 Å². The number of hydrogen-bond donors (Lipinski definition) is 2. The molecule has 1 rings (SSSR count). The van der Waals surface area contributed by atoms with E-state index >= 15 is 0 Å². The second kappa shape index (κ2) is 6.75. The molecule has 0 aliphatic heterocycles. The Morgan fingerprint density at radius 2 is 2.05 bits per heavy atom. The lowest BCUT2D eigenvalue weighted by atomic mass is 10.0. The number of nitrogens with one attached hydrogen (secondary N) is 1. The van der Waals surface area contributed by atoms with Gasteiger partial charge >= 0.3 is 0 Å². The summed E-state index contributed by atoms with van der Waals surface area (Å²) in [6.45, 7) is 11.2. The van der Waals surface area contributed by atoms with E-state index in [0.29, 0.717) is 12.1 Å². The first-order valence-corrected chi connectivity index (χ1v) is 7.05. The van der Waals surface area contributed by atoms with Crippen LogP contribution in [0.2, 0.25) is 0 Å². The van der Waals surface area contributed by atoms with Crippen LogP contribution in [-0.2, 0) is 6.54 Å². The minimum atomic E-state index is -0.483. The summed E-state index contributed by atoms with van der Waals surface area (Å²) < 4.78 is 2.11. The van der Waals surface area contributed by atoms with Gasteiger partial charge in [0, 0.05) is 24.5 Å². The lowest BCUT2D eigenvalue weighted by molar-refractivity contribution is 0.0849. The highest BCUT2D eigenvalue weighted by Crippen LogP contribution is 2.15. The monoisotopic (exact) mass is 266 g/mol. The molecule has 1 aromatic rings. The highest BCUT2D eigenvalue weighted by atomic mass is 16.3. The summed E-state index contributed by atoms with van der Waals surface area (Å²) in [7, 11) is 0. The van der Waals surface area contributed by atoms with Crippen LogP contribution < -0.4 is 5.32 Å². The molecule has 108 valence electrons. The maximum absolute atomic E-state index is 12.1. The normalized spacial score (nSPS) is 14.2. The highest BCUT2D eigenvalue weighted by molar-refractivity contribution is 5.95. The van der Waals surface area contributed by atoms with Crippen LogP contribution in [0, 0.1) is 19.8 Å². The minimum absolute atomic E-state index is 0.102. The van der Waals surface area contributed by atoms with E-state index in [9.17, 15) is 9.90 Å². The Morgan fingerprint density at radius 1 is 1.42 bits per heavy atom. The molecule has 0 aromatic carbocycles. The van der Waals surface area contributed by atoms with Gasteiger partial charge in [0.05, 0.1) is 11.7 Å². The van der Waals surface area contributed by atoms with Crippen molar-refractivity contribution in [2.24, 2.45) is 5.92 Å². The second-order valence-corrected chi connectivity index (χ2v) is 5.19. The number of aliphatic hydroxyl groups is 1. The number of rotatable bonds is 6. The summed E-state index contributed by atoms with van der Waals surface area (Å²) in [5.74, 6) is 0.0959. The van der Waals surface area contributed by atoms with Crippen molar-refractivity contribution in [3.8, 4) is 0 Å². The quantitative estimate of drug-likeness (QED) is 0.830. The lowest BCUT2D eigenvalue weighted by Crippen LogP contribution is -2.35. The van der Waals surface area contributed by atoms with Crippen molar-refractivity contribution < 1.29 is 9.90 Å². The molecule has 0 spiro atoms. The maximum Gasteiger partial charge on any atom is 0.253 e. The van der Waals surface area contributed by atoms with E-state index < -0.39 is 6.10 Å². The van der Waals surface area contributed by atoms with E-state index in [4.69, 9.17) is 0 Å². The Balaban J connectivity index is 2.69. The fraction of sp³-hybridized carbons (Fsp3) is 0.667. The van der Waals surface area contributed by atoms with Crippen LogP contribution in [0.25, 0.3) is 0 Å². The van der Waals surface area contributed by atoms with Gasteiger partial charge in [0.2, 0.25) is 0 Å². The van der Waals surface area contributed by atoms with Crippen LogP contribution in [0.1, 0.15) is 48.9 Å². The number of hydrogen-bond acceptors (Lipinski definition) is 2. The van der Waals surface area contributed by atoms with Crippen molar-refractivity contribution in [3.63, 3.8) is 0 Å². The Kier molecular flexibility index (Phi) is 5.60. The SMILES string of the molecule is CCC(C)C(O)CNC(=O)c1cc(C)n(CC)c1C. The van der Waals surface area contributed by atoms with Crippen molar-refractivity contribution in [2.75, 3.05) is 6.54 Å². The average molecular weight is 266 g/mol. The zero-order chi connectivity index (χ0) is 14.6. The van der Waals surface area contributed by atoms with Crippen LogP contribution in [0.4, 0.5) is 0 Å². The van der Waals surface area contributed by atoms with Crippen LogP contribution in [0.5, 0.6) is 0 Å². The second-order valence-electron chi connectivity index (χ2n) is 5.19. The fourth-order valence-electron chi connectivity index (χ4n) is 2.28. The highest BCUT2D eigenvalue weighted by Gasteiger charge is 2.17. The summed E-state index contributed by atoms with van der Waals surface area (Å²) >= 11 is 0. The van der Waals surface area contributed by atoms with Gasteiger partial charge in [-0.1, -0.05) is 20.3 Å². The van der Waals surface area contributed by atoms with E-state index in [-0.39, 0.29) is 11.8 Å². The van der Waals surface area contributed by atoms with Crippen molar-refractivity contribution in [1.29, 1.82) is 0 Å². The Bertz CT molecular complexity index is 438. The number of aliphatic hydroxyl groups excluding tert-OH is 1. The van der Waals surface area contributed by atoms with Gasteiger partial charge in [-0.3, -0.25) is 4.79 Å². The molecule has 2 unspecified atom stereocenters. The van der Waals surface area contributed by atoms with E-state index in [0.717, 1.165) is 24.4 Å². The molecule has 0 radical (unpaired) electrons. The fourth-order valence-corrected chi connectivity index (χ4v) is 2.28. The molecule has 0 saturated carbocycles. The van der Waals surface area contributed by atoms with Crippen LogP contribution in [-0.4, -0.2) is 28.2 Å². The Morgan fingerprint density at radius 3 is 2.53 bits per heavy atom. The molecular formula is C15H26N2O2. The molecule has 2 N–H and O–H groups in total. The molecule has 1 heterocycles. The predicted molar refractivity (Wildman–Crippen MR) is 77.4 cm³/mol. The van der Waals surface area contributed by atoms with E-state index in [1.807, 2.05) is 33.8 Å². The molecule has 0 fully saturated rings. The molecule has 4 heteroatoms. The molecule has 1 amide bonds. The predicted octanol–water partition coefficient (Wildman–Crippen LogP) is 2.26. The molecular weight excluding hydrogens is 240 g/mol. The van der Waals surface area contributed by atoms with Crippen molar-refractivity contribution in [3.05, 3.63) is 23.0 Å². The summed E-state index contributed by atoms with van der Waals surface area (Å²) in [5, 5.41) is 12.7. The van der Waals surface area contributed by atoms with Gasteiger partial charge in [0.25, 0.3) is 5.91 Å². The first-order valence-electron chi connectivity index (χ1n) is 7.05. The zero-order valence-corrected chi connectivity index (χ0v) is 12.7. The van der Waals surface area contributed by atoms with E-state index in [1.165, 1.54) is 0 Å². The van der Waals surface area contributed by atoms with Gasteiger partial charge in [-0.05, 0) is 32.8 Å². The van der Waals surface area contributed by atoms with E-state index in [2.05, 4.69) is 16.8 Å². The summed E-state index contributed by atoms with van der Waals surface area (Å²) in [6.07, 6.45) is 0.421. The molecule has 4 nitrogen and oxygen atoms in total. The first kappa shape index (κ1) is 15.8. The number of carbonyl (C=O) groups is 1. The molecule has 19 heavy (non-hydrogen) atoms. The third-order valence-electron chi connectivity index (χ3n) is 3.91. The largest absolute Gasteiger partial charge is 0.391 e. The average Bonchev–Trinajstić information content (AvgIpc) is 2.69. The summed E-state index contributed by atoms with van der Waals surface area (Å²) in [5.41, 5.74) is 2.78. The lowest BCUT2D eigenvalue weighted by Gasteiger charge is -2.17. The summed E-state index contributed by atoms with van der Waals surface area (Å²) in [6, 6.07) is 1.91. The Hall–Kier alpha value is -1.29. The van der Waals surface area contributed by atoms with Crippen LogP contribution >= 0.6 is 0 Å². The van der Waals surface area contributed by atoms with Gasteiger partial charge in [-0.15, -0.1) is 0 Å². The number of aromatic nitrogens is 1. The van der Waals surface area contributed by atoms with Crippen LogP contribution in [0.15, 0.2) is 6.07 Å². The third kappa shape index (κ3) is 3.60. The van der Waals surface area contributed by atoms with Gasteiger partial charge in [0.15, 0.2) is 0 Å². The van der Waals surface area contributed by atoms with E-state index in [1.54, 1.807) is 0 Å². The smallest absolute Gasteiger partial charge is 0.253 e.